The van der Waals surface area contributed by atoms with Gasteiger partial charge in [0.05, 0.1) is 23.9 Å². The maximum absolute atomic E-state index is 6.65. The fraction of sp³-hybridized carbons (Fsp3) is 0.923. The van der Waals surface area contributed by atoms with Crippen LogP contribution in [-0.4, -0.2) is 79.2 Å². The topological polar surface area (TPSA) is 51.0 Å². The standard InChI is InChI=1S/C13H30N3O2P3/c1-4-10-6-16(8-13(20)17-10)21(3,14)9-11-5-15(2)7-12(19)18-11/h10-13H,3-9,14,19-20H2,1-2H3. The molecule has 2 aliphatic heterocycles. The zero-order valence-electron chi connectivity index (χ0n) is 13.1. The summed E-state index contributed by atoms with van der Waals surface area (Å²) in [6.07, 6.45) is 6.67. The number of nitrogens with two attached hydrogens (primary N) is 1. The maximum atomic E-state index is 6.65. The number of morpholine rings is 2. The molecule has 21 heavy (non-hydrogen) atoms. The number of hydrogen-bond acceptors (Lipinski definition) is 5. The van der Waals surface area contributed by atoms with Crippen molar-refractivity contribution in [2.75, 3.05) is 39.4 Å². The average molecular weight is 353 g/mol. The molecule has 0 amide bonds. The van der Waals surface area contributed by atoms with Gasteiger partial charge in [-0.15, -0.1) is 18.5 Å². The van der Waals surface area contributed by atoms with E-state index in [0.29, 0.717) is 0 Å². The zero-order chi connectivity index (χ0) is 15.6. The molecule has 0 bridgehead atoms. The molecule has 0 aromatic heterocycles. The van der Waals surface area contributed by atoms with Crippen LogP contribution in [0, 0.1) is 0 Å². The lowest BCUT2D eigenvalue weighted by Gasteiger charge is -2.44. The van der Waals surface area contributed by atoms with E-state index >= 15 is 0 Å². The summed E-state index contributed by atoms with van der Waals surface area (Å²) in [5.41, 5.74) is 6.65. The Balaban J connectivity index is 1.98. The Kier molecular flexibility index (Phi) is 6.70. The van der Waals surface area contributed by atoms with Crippen LogP contribution < -0.4 is 5.50 Å². The highest BCUT2D eigenvalue weighted by atomic mass is 31.2. The molecule has 5 nitrogen and oxygen atoms in total. The highest BCUT2D eigenvalue weighted by Gasteiger charge is 2.33. The van der Waals surface area contributed by atoms with E-state index in [-0.39, 0.29) is 23.9 Å². The molecule has 7 unspecified atom stereocenters. The molecule has 2 N–H and O–H groups in total. The van der Waals surface area contributed by atoms with Crippen molar-refractivity contribution in [1.29, 1.82) is 0 Å². The minimum atomic E-state index is -1.90. The fourth-order valence-electron chi connectivity index (χ4n) is 3.03. The summed E-state index contributed by atoms with van der Waals surface area (Å²) < 4.78 is 14.3. The first-order valence-corrected chi connectivity index (χ1v) is 11.1. The van der Waals surface area contributed by atoms with Gasteiger partial charge < -0.3 is 14.4 Å². The summed E-state index contributed by atoms with van der Waals surface area (Å²) in [5, 5.41) is 0. The average Bonchev–Trinajstić information content (AvgIpc) is 2.36. The quantitative estimate of drug-likeness (QED) is 0.767. The molecule has 8 heteroatoms. The van der Waals surface area contributed by atoms with Gasteiger partial charge in [-0.2, -0.15) is 0 Å². The summed E-state index contributed by atoms with van der Waals surface area (Å²) in [5.74, 6) is 0.342. The lowest BCUT2D eigenvalue weighted by atomic mass is 10.2. The smallest absolute Gasteiger partial charge is 0.0842 e. The first-order valence-electron chi connectivity index (χ1n) is 7.57. The molecule has 0 saturated carbocycles. The molecule has 2 aliphatic rings. The van der Waals surface area contributed by atoms with Crippen molar-refractivity contribution in [2.24, 2.45) is 5.50 Å². The minimum absolute atomic E-state index is 0.151. The Morgan fingerprint density at radius 3 is 2.38 bits per heavy atom. The maximum Gasteiger partial charge on any atom is 0.0842 e. The van der Waals surface area contributed by atoms with E-state index in [4.69, 9.17) is 15.0 Å². The summed E-state index contributed by atoms with van der Waals surface area (Å²) in [7, 11) is 5.76. The molecule has 0 aliphatic carbocycles. The molecular weight excluding hydrogens is 323 g/mol. The van der Waals surface area contributed by atoms with Crippen LogP contribution in [0.1, 0.15) is 13.3 Å². The second kappa shape index (κ2) is 7.69. The molecule has 0 aromatic rings. The third kappa shape index (κ3) is 5.23. The number of nitrogens with zero attached hydrogens (tertiary/aromatic N) is 2. The number of likely N-dealkylation sites (N-methyl/N-ethyl adjacent to an activating group) is 1. The van der Waals surface area contributed by atoms with Crippen molar-refractivity contribution < 1.29 is 9.47 Å². The van der Waals surface area contributed by atoms with Gasteiger partial charge in [-0.05, 0) is 13.5 Å². The Bertz CT molecular complexity index is 389. The Hall–Kier alpha value is 0.960. The molecule has 2 fully saturated rings. The first kappa shape index (κ1) is 18.3. The van der Waals surface area contributed by atoms with Crippen molar-refractivity contribution in [3.8, 4) is 0 Å². The van der Waals surface area contributed by atoms with Crippen LogP contribution >= 0.6 is 25.7 Å². The summed E-state index contributed by atoms with van der Waals surface area (Å²) >= 11 is 0. The van der Waals surface area contributed by atoms with Crippen molar-refractivity contribution >= 4 is 32.0 Å². The van der Waals surface area contributed by atoms with E-state index in [9.17, 15) is 0 Å². The number of rotatable bonds is 4. The predicted octanol–water partition coefficient (Wildman–Crippen LogP) is 1.07. The monoisotopic (exact) mass is 353 g/mol. The van der Waals surface area contributed by atoms with Gasteiger partial charge in [0, 0.05) is 39.5 Å². The molecule has 124 valence electrons. The molecule has 7 atom stereocenters. The molecule has 0 radical (unpaired) electrons. The zero-order valence-corrected chi connectivity index (χ0v) is 16.4. The summed E-state index contributed by atoms with van der Waals surface area (Å²) in [6, 6.07) is 0. The second-order valence-electron chi connectivity index (χ2n) is 6.26. The largest absolute Gasteiger partial charge is 0.368 e. The van der Waals surface area contributed by atoms with Crippen molar-refractivity contribution in [3.05, 3.63) is 0 Å². The molecule has 2 rings (SSSR count). The van der Waals surface area contributed by atoms with Crippen LogP contribution in [0.2, 0.25) is 0 Å². The van der Waals surface area contributed by atoms with Crippen LogP contribution in [0.3, 0.4) is 0 Å². The molecule has 2 heterocycles. The van der Waals surface area contributed by atoms with Gasteiger partial charge in [-0.3, -0.25) is 10.2 Å². The second-order valence-corrected chi connectivity index (χ2v) is 10.7. The summed E-state index contributed by atoms with van der Waals surface area (Å²) in [6.45, 7) is 5.79. The lowest BCUT2D eigenvalue weighted by molar-refractivity contribution is -0.0305. The van der Waals surface area contributed by atoms with Crippen molar-refractivity contribution in [3.63, 3.8) is 0 Å². The Morgan fingerprint density at radius 1 is 1.14 bits per heavy atom. The predicted molar refractivity (Wildman–Crippen MR) is 99.2 cm³/mol. The van der Waals surface area contributed by atoms with E-state index < -0.39 is 7.19 Å². The van der Waals surface area contributed by atoms with E-state index in [1.54, 1.807) is 0 Å². The van der Waals surface area contributed by atoms with Gasteiger partial charge in [0.1, 0.15) is 0 Å². The van der Waals surface area contributed by atoms with Gasteiger partial charge in [-0.25, -0.2) is 0 Å². The Morgan fingerprint density at radius 2 is 1.76 bits per heavy atom. The van der Waals surface area contributed by atoms with Crippen LogP contribution in [0.15, 0.2) is 0 Å². The number of hydrogen-bond donors (Lipinski definition) is 1. The third-order valence-electron chi connectivity index (χ3n) is 4.08. The van der Waals surface area contributed by atoms with E-state index in [2.05, 4.69) is 48.3 Å². The Labute approximate surface area is 133 Å². The van der Waals surface area contributed by atoms with E-state index in [0.717, 1.165) is 38.8 Å². The van der Waals surface area contributed by atoms with Crippen molar-refractivity contribution in [2.45, 2.75) is 37.2 Å². The van der Waals surface area contributed by atoms with Gasteiger partial charge in [-0.1, -0.05) is 13.2 Å². The van der Waals surface area contributed by atoms with Crippen LogP contribution in [0.25, 0.3) is 0 Å². The molecule has 2 saturated heterocycles. The van der Waals surface area contributed by atoms with E-state index in [1.165, 1.54) is 0 Å². The molecule has 0 spiro atoms. The molecular formula is C13H30N3O2P3. The SMILES string of the molecule is C=P(N)(CC1CN(C)CC(P)O1)N1CC(P)OC(CC)C1. The van der Waals surface area contributed by atoms with Gasteiger partial charge in [0.15, 0.2) is 0 Å². The van der Waals surface area contributed by atoms with Gasteiger partial charge in [0.25, 0.3) is 0 Å². The van der Waals surface area contributed by atoms with Crippen LogP contribution in [0.5, 0.6) is 0 Å². The third-order valence-corrected chi connectivity index (χ3v) is 7.31. The van der Waals surface area contributed by atoms with Crippen LogP contribution in [-0.2, 0) is 9.47 Å². The van der Waals surface area contributed by atoms with Crippen LogP contribution in [0.4, 0.5) is 0 Å². The molecule has 0 aromatic carbocycles. The first-order chi connectivity index (χ1) is 9.80. The highest BCUT2D eigenvalue weighted by Crippen LogP contribution is 2.44. The van der Waals surface area contributed by atoms with Gasteiger partial charge in [0.2, 0.25) is 0 Å². The fourth-order valence-corrected chi connectivity index (χ4v) is 6.40. The highest BCUT2D eigenvalue weighted by molar-refractivity contribution is 7.69. The number of ether oxygens (including phenoxy) is 2. The van der Waals surface area contributed by atoms with Gasteiger partial charge >= 0.3 is 0 Å². The van der Waals surface area contributed by atoms with E-state index in [1.807, 2.05) is 0 Å². The normalized spacial score (nSPS) is 39.1. The summed E-state index contributed by atoms with van der Waals surface area (Å²) in [4.78, 5) is 2.30. The van der Waals surface area contributed by atoms with Crippen molar-refractivity contribution in [1.82, 2.24) is 9.57 Å². The minimum Gasteiger partial charge on any atom is -0.368 e. The lowest BCUT2D eigenvalue weighted by Crippen LogP contribution is -2.49.